The number of rotatable bonds is 5. The van der Waals surface area contributed by atoms with Gasteiger partial charge in [-0.15, -0.1) is 0 Å². The van der Waals surface area contributed by atoms with Gasteiger partial charge in [0.1, 0.15) is 0 Å². The third-order valence-electron chi connectivity index (χ3n) is 2.17. The maximum absolute atomic E-state index is 11.8. The summed E-state index contributed by atoms with van der Waals surface area (Å²) in [5, 5.41) is 8.51. The second-order valence-electron chi connectivity index (χ2n) is 3.63. The van der Waals surface area contributed by atoms with Gasteiger partial charge in [-0.2, -0.15) is 0 Å². The first-order valence-electron chi connectivity index (χ1n) is 5.60. The zero-order valence-corrected chi connectivity index (χ0v) is 11.1. The standard InChI is InChI=1S/C12H16ClN3O2/c1-3-15-12(18)9-5-4-8(13)6-10(9)16-11(17)7-14-2/h4-6,14H,3,7H2,1-2H3,(H,15,18)(H,16,17). The van der Waals surface area contributed by atoms with Gasteiger partial charge >= 0.3 is 0 Å². The number of nitrogens with one attached hydrogen (secondary N) is 3. The average molecular weight is 270 g/mol. The third-order valence-corrected chi connectivity index (χ3v) is 2.41. The van der Waals surface area contributed by atoms with Crippen molar-refractivity contribution >= 4 is 29.1 Å². The van der Waals surface area contributed by atoms with Crippen LogP contribution in [-0.2, 0) is 4.79 Å². The van der Waals surface area contributed by atoms with Crippen molar-refractivity contribution in [2.45, 2.75) is 6.92 Å². The molecule has 0 heterocycles. The van der Waals surface area contributed by atoms with Gasteiger partial charge in [-0.25, -0.2) is 0 Å². The van der Waals surface area contributed by atoms with Crippen LogP contribution in [0.5, 0.6) is 0 Å². The Morgan fingerprint density at radius 1 is 1.33 bits per heavy atom. The van der Waals surface area contributed by atoms with Gasteiger partial charge in [0.05, 0.1) is 17.8 Å². The molecular formula is C12H16ClN3O2. The van der Waals surface area contributed by atoms with Crippen molar-refractivity contribution in [3.8, 4) is 0 Å². The van der Waals surface area contributed by atoms with E-state index in [2.05, 4.69) is 16.0 Å². The number of hydrogen-bond donors (Lipinski definition) is 3. The highest BCUT2D eigenvalue weighted by Gasteiger charge is 2.13. The lowest BCUT2D eigenvalue weighted by atomic mass is 10.1. The molecule has 0 aromatic heterocycles. The summed E-state index contributed by atoms with van der Waals surface area (Å²) in [6.45, 7) is 2.51. The van der Waals surface area contributed by atoms with Crippen molar-refractivity contribution in [2.75, 3.05) is 25.5 Å². The highest BCUT2D eigenvalue weighted by molar-refractivity contribution is 6.31. The van der Waals surface area contributed by atoms with Gasteiger partial charge in [0.15, 0.2) is 0 Å². The van der Waals surface area contributed by atoms with Gasteiger partial charge in [0.2, 0.25) is 5.91 Å². The first kappa shape index (κ1) is 14.5. The van der Waals surface area contributed by atoms with Crippen molar-refractivity contribution in [2.24, 2.45) is 0 Å². The van der Waals surface area contributed by atoms with Gasteiger partial charge < -0.3 is 16.0 Å². The summed E-state index contributed by atoms with van der Waals surface area (Å²) in [6, 6.07) is 4.75. The van der Waals surface area contributed by atoms with Crippen LogP contribution in [0.25, 0.3) is 0 Å². The molecule has 5 nitrogen and oxygen atoms in total. The first-order chi connectivity index (χ1) is 8.58. The fourth-order valence-corrected chi connectivity index (χ4v) is 1.60. The van der Waals surface area contributed by atoms with E-state index in [-0.39, 0.29) is 18.4 Å². The third kappa shape index (κ3) is 4.01. The van der Waals surface area contributed by atoms with Crippen molar-refractivity contribution in [3.63, 3.8) is 0 Å². The predicted octanol–water partition coefficient (Wildman–Crippen LogP) is 1.25. The van der Waals surface area contributed by atoms with Crippen LogP contribution in [0.3, 0.4) is 0 Å². The van der Waals surface area contributed by atoms with Crippen LogP contribution in [0.1, 0.15) is 17.3 Å². The molecule has 1 aromatic carbocycles. The summed E-state index contributed by atoms with van der Waals surface area (Å²) in [4.78, 5) is 23.3. The van der Waals surface area contributed by atoms with E-state index in [0.717, 1.165) is 0 Å². The summed E-state index contributed by atoms with van der Waals surface area (Å²) < 4.78 is 0. The average Bonchev–Trinajstić information content (AvgIpc) is 2.29. The highest BCUT2D eigenvalue weighted by atomic mass is 35.5. The second kappa shape index (κ2) is 6.98. The summed E-state index contributed by atoms with van der Waals surface area (Å²) in [5.41, 5.74) is 0.805. The van der Waals surface area contributed by atoms with Gasteiger partial charge in [-0.3, -0.25) is 9.59 Å². The molecule has 98 valence electrons. The Labute approximate surface area is 111 Å². The largest absolute Gasteiger partial charge is 0.352 e. The Kier molecular flexibility index (Phi) is 5.61. The van der Waals surface area contributed by atoms with Crippen LogP contribution in [0.2, 0.25) is 5.02 Å². The monoisotopic (exact) mass is 269 g/mol. The Morgan fingerprint density at radius 3 is 2.67 bits per heavy atom. The highest BCUT2D eigenvalue weighted by Crippen LogP contribution is 2.21. The zero-order valence-electron chi connectivity index (χ0n) is 10.3. The molecular weight excluding hydrogens is 254 g/mol. The fraction of sp³-hybridized carbons (Fsp3) is 0.333. The Hall–Kier alpha value is -1.59. The molecule has 0 aliphatic carbocycles. The molecule has 0 saturated heterocycles. The van der Waals surface area contributed by atoms with E-state index in [4.69, 9.17) is 11.6 Å². The Morgan fingerprint density at radius 2 is 2.06 bits per heavy atom. The van der Waals surface area contributed by atoms with E-state index < -0.39 is 0 Å². The van der Waals surface area contributed by atoms with Crippen LogP contribution in [0.4, 0.5) is 5.69 Å². The van der Waals surface area contributed by atoms with Gasteiger partial charge in [0.25, 0.3) is 5.91 Å². The molecule has 0 spiro atoms. The molecule has 1 aromatic rings. The van der Waals surface area contributed by atoms with Gasteiger partial charge in [-0.1, -0.05) is 11.6 Å². The number of carbonyl (C=O) groups is 2. The normalized spacial score (nSPS) is 9.94. The summed E-state index contributed by atoms with van der Waals surface area (Å²) in [6.07, 6.45) is 0. The molecule has 0 fully saturated rings. The van der Waals surface area contributed by atoms with Crippen molar-refractivity contribution < 1.29 is 9.59 Å². The number of anilines is 1. The van der Waals surface area contributed by atoms with E-state index in [0.29, 0.717) is 22.8 Å². The summed E-state index contributed by atoms with van der Waals surface area (Å²) in [7, 11) is 1.67. The van der Waals surface area contributed by atoms with E-state index in [1.54, 1.807) is 25.2 Å². The molecule has 2 amide bonds. The van der Waals surface area contributed by atoms with Crippen LogP contribution in [-0.4, -0.2) is 32.0 Å². The smallest absolute Gasteiger partial charge is 0.253 e. The van der Waals surface area contributed by atoms with Crippen molar-refractivity contribution in [1.29, 1.82) is 0 Å². The zero-order chi connectivity index (χ0) is 13.5. The maximum atomic E-state index is 11.8. The lowest BCUT2D eigenvalue weighted by Gasteiger charge is -2.11. The van der Waals surface area contributed by atoms with E-state index in [1.165, 1.54) is 0 Å². The number of benzene rings is 1. The topological polar surface area (TPSA) is 70.2 Å². The van der Waals surface area contributed by atoms with Crippen molar-refractivity contribution in [1.82, 2.24) is 10.6 Å². The van der Waals surface area contributed by atoms with Crippen LogP contribution in [0, 0.1) is 0 Å². The number of hydrogen-bond acceptors (Lipinski definition) is 3. The lowest BCUT2D eigenvalue weighted by molar-refractivity contribution is -0.115. The molecule has 6 heteroatoms. The Balaban J connectivity index is 2.96. The quantitative estimate of drug-likeness (QED) is 0.753. The number of carbonyl (C=O) groups excluding carboxylic acids is 2. The molecule has 3 N–H and O–H groups in total. The summed E-state index contributed by atoms with van der Waals surface area (Å²) in [5.74, 6) is -0.473. The second-order valence-corrected chi connectivity index (χ2v) is 4.06. The minimum atomic E-state index is -0.242. The van der Waals surface area contributed by atoms with E-state index in [1.807, 2.05) is 6.92 Å². The van der Waals surface area contributed by atoms with E-state index >= 15 is 0 Å². The maximum Gasteiger partial charge on any atom is 0.253 e. The number of halogens is 1. The van der Waals surface area contributed by atoms with Gasteiger partial charge in [-0.05, 0) is 32.2 Å². The number of amides is 2. The lowest BCUT2D eigenvalue weighted by Crippen LogP contribution is -2.28. The Bertz CT molecular complexity index is 449. The molecule has 0 unspecified atom stereocenters. The molecule has 1 rings (SSSR count). The molecule has 0 bridgehead atoms. The number of likely N-dealkylation sites (N-methyl/N-ethyl adjacent to an activating group) is 1. The van der Waals surface area contributed by atoms with E-state index in [9.17, 15) is 9.59 Å². The molecule has 18 heavy (non-hydrogen) atoms. The molecule has 0 saturated carbocycles. The van der Waals surface area contributed by atoms with Crippen LogP contribution in [0.15, 0.2) is 18.2 Å². The van der Waals surface area contributed by atoms with Crippen LogP contribution < -0.4 is 16.0 Å². The predicted molar refractivity (Wildman–Crippen MR) is 72.0 cm³/mol. The van der Waals surface area contributed by atoms with Crippen LogP contribution >= 0.6 is 11.6 Å². The van der Waals surface area contributed by atoms with Crippen molar-refractivity contribution in [3.05, 3.63) is 28.8 Å². The molecule has 0 radical (unpaired) electrons. The van der Waals surface area contributed by atoms with Gasteiger partial charge in [0, 0.05) is 11.6 Å². The molecule has 0 aliphatic heterocycles. The minimum absolute atomic E-state index is 0.168. The first-order valence-corrected chi connectivity index (χ1v) is 5.98. The minimum Gasteiger partial charge on any atom is -0.352 e. The molecule has 0 atom stereocenters. The summed E-state index contributed by atoms with van der Waals surface area (Å²) >= 11 is 5.86. The molecule has 0 aliphatic rings. The SMILES string of the molecule is CCNC(=O)c1ccc(Cl)cc1NC(=O)CNC. The fourth-order valence-electron chi connectivity index (χ4n) is 1.43.